The molecule has 172 valence electrons. The van der Waals surface area contributed by atoms with Crippen LogP contribution in [0.25, 0.3) is 0 Å². The first kappa shape index (κ1) is 25.4. The van der Waals surface area contributed by atoms with Crippen LogP contribution in [0.3, 0.4) is 0 Å². The average Bonchev–Trinajstić information content (AvgIpc) is 2.78. The van der Waals surface area contributed by atoms with Crippen molar-refractivity contribution in [2.45, 2.75) is 45.5 Å². The molecule has 0 aromatic heterocycles. The molecule has 0 saturated carbocycles. The van der Waals surface area contributed by atoms with Crippen LogP contribution in [0.15, 0.2) is 54.6 Å². The summed E-state index contributed by atoms with van der Waals surface area (Å²) in [7, 11) is 0. The molecule has 2 amide bonds. The zero-order chi connectivity index (χ0) is 23.5. The Morgan fingerprint density at radius 2 is 1.72 bits per heavy atom. The van der Waals surface area contributed by atoms with Crippen molar-refractivity contribution in [1.82, 2.24) is 10.2 Å². The van der Waals surface area contributed by atoms with Crippen molar-refractivity contribution in [2.75, 3.05) is 12.3 Å². The minimum absolute atomic E-state index is 0.0436. The first-order valence-electron chi connectivity index (χ1n) is 10.7. The summed E-state index contributed by atoms with van der Waals surface area (Å²) in [5.41, 5.74) is 1.92. The second kappa shape index (κ2) is 12.9. The second-order valence-electron chi connectivity index (χ2n) is 7.99. The monoisotopic (exact) mass is 457 g/mol. The molecular weight excluding hydrogens is 426 g/mol. The Kier molecular flexibility index (Phi) is 10.2. The van der Waals surface area contributed by atoms with Gasteiger partial charge in [-0.3, -0.25) is 19.7 Å². The number of carbonyl (C=O) groups is 2. The Balaban J connectivity index is 2.06. The van der Waals surface area contributed by atoms with Gasteiger partial charge in [-0.15, -0.1) is 11.8 Å². The topological polar surface area (TPSA) is 92.6 Å². The van der Waals surface area contributed by atoms with E-state index in [1.807, 2.05) is 51.1 Å². The Hall–Kier alpha value is -2.87. The Morgan fingerprint density at radius 1 is 1.06 bits per heavy atom. The number of nitrogens with zero attached hydrogens (tertiary/aromatic N) is 2. The van der Waals surface area contributed by atoms with Crippen molar-refractivity contribution >= 4 is 29.3 Å². The molecule has 0 heterocycles. The summed E-state index contributed by atoms with van der Waals surface area (Å²) in [5.74, 6) is 0.863. The minimum Gasteiger partial charge on any atom is -0.354 e. The normalized spacial score (nSPS) is 11.8. The van der Waals surface area contributed by atoms with Crippen molar-refractivity contribution in [1.29, 1.82) is 0 Å². The van der Waals surface area contributed by atoms with Crippen molar-refractivity contribution in [3.8, 4) is 0 Å². The van der Waals surface area contributed by atoms with Gasteiger partial charge in [-0.25, -0.2) is 0 Å². The number of nitro groups is 1. The summed E-state index contributed by atoms with van der Waals surface area (Å²) in [6.45, 7) is 6.91. The molecule has 0 bridgehead atoms. The molecule has 32 heavy (non-hydrogen) atoms. The van der Waals surface area contributed by atoms with E-state index in [0.29, 0.717) is 31.2 Å². The largest absolute Gasteiger partial charge is 0.354 e. The molecule has 0 aliphatic carbocycles. The fourth-order valence-electron chi connectivity index (χ4n) is 3.18. The van der Waals surface area contributed by atoms with Crippen molar-refractivity contribution in [3.05, 3.63) is 75.8 Å². The van der Waals surface area contributed by atoms with Crippen molar-refractivity contribution in [2.24, 2.45) is 5.92 Å². The summed E-state index contributed by atoms with van der Waals surface area (Å²) in [6.07, 6.45) is 0.523. The van der Waals surface area contributed by atoms with Gasteiger partial charge in [0.25, 0.3) is 5.69 Å². The number of benzene rings is 2. The van der Waals surface area contributed by atoms with Gasteiger partial charge >= 0.3 is 0 Å². The highest BCUT2D eigenvalue weighted by Crippen LogP contribution is 2.19. The van der Waals surface area contributed by atoms with Crippen LogP contribution in [0.5, 0.6) is 0 Å². The lowest BCUT2D eigenvalue weighted by Gasteiger charge is -2.31. The van der Waals surface area contributed by atoms with Gasteiger partial charge in [0.05, 0.1) is 10.7 Å². The molecule has 2 aromatic rings. The summed E-state index contributed by atoms with van der Waals surface area (Å²) in [5, 5.41) is 13.7. The van der Waals surface area contributed by atoms with Gasteiger partial charge in [-0.05, 0) is 23.5 Å². The first-order chi connectivity index (χ1) is 15.3. The molecule has 2 aromatic carbocycles. The molecule has 2 rings (SSSR count). The number of carbonyl (C=O) groups excluding carboxylic acids is 2. The van der Waals surface area contributed by atoms with E-state index >= 15 is 0 Å². The minimum atomic E-state index is -0.540. The van der Waals surface area contributed by atoms with Crippen LogP contribution in [0.4, 0.5) is 5.69 Å². The van der Waals surface area contributed by atoms with Crippen LogP contribution in [0.1, 0.15) is 38.3 Å². The third-order valence-corrected chi connectivity index (χ3v) is 5.90. The number of hydrogen-bond acceptors (Lipinski definition) is 5. The maximum Gasteiger partial charge on any atom is 0.269 e. The molecule has 0 saturated heterocycles. The first-order valence-corrected chi connectivity index (χ1v) is 11.9. The predicted molar refractivity (Wildman–Crippen MR) is 128 cm³/mol. The zero-order valence-corrected chi connectivity index (χ0v) is 19.6. The fourth-order valence-corrected chi connectivity index (χ4v) is 4.05. The second-order valence-corrected chi connectivity index (χ2v) is 8.97. The number of nitrogens with one attached hydrogen (secondary N) is 1. The van der Waals surface area contributed by atoms with E-state index in [1.165, 1.54) is 23.9 Å². The Labute approximate surface area is 193 Å². The summed E-state index contributed by atoms with van der Waals surface area (Å²) >= 11 is 1.43. The molecular formula is C24H31N3O4S. The molecule has 0 unspecified atom stereocenters. The number of nitro benzene ring substituents is 1. The van der Waals surface area contributed by atoms with E-state index in [2.05, 4.69) is 5.32 Å². The van der Waals surface area contributed by atoms with Crippen LogP contribution in [-0.2, 0) is 21.9 Å². The number of amides is 2. The molecule has 1 atom stereocenters. The van der Waals surface area contributed by atoms with Gasteiger partial charge < -0.3 is 10.2 Å². The lowest BCUT2D eigenvalue weighted by Crippen LogP contribution is -2.50. The Bertz CT molecular complexity index is 888. The van der Waals surface area contributed by atoms with Gasteiger partial charge in [0.2, 0.25) is 11.8 Å². The van der Waals surface area contributed by atoms with Crippen molar-refractivity contribution < 1.29 is 14.5 Å². The van der Waals surface area contributed by atoms with Crippen LogP contribution in [0, 0.1) is 16.0 Å². The average molecular weight is 458 g/mol. The molecule has 0 fully saturated rings. The summed E-state index contributed by atoms with van der Waals surface area (Å²) < 4.78 is 0. The van der Waals surface area contributed by atoms with E-state index in [0.717, 1.165) is 11.1 Å². The van der Waals surface area contributed by atoms with Gasteiger partial charge in [0.15, 0.2) is 0 Å². The van der Waals surface area contributed by atoms with Gasteiger partial charge in [-0.2, -0.15) is 0 Å². The van der Waals surface area contributed by atoms with Gasteiger partial charge in [0.1, 0.15) is 6.04 Å². The van der Waals surface area contributed by atoms with Crippen LogP contribution in [-0.4, -0.2) is 40.0 Å². The SMILES string of the molecule is CC[C@@H](C(=O)NCC(C)C)N(Cc1ccccc1)C(=O)CSCc1ccc([N+](=O)[O-])cc1. The van der Waals surface area contributed by atoms with Gasteiger partial charge in [-0.1, -0.05) is 63.2 Å². The third kappa shape index (κ3) is 8.00. The maximum absolute atomic E-state index is 13.2. The van der Waals surface area contributed by atoms with E-state index in [-0.39, 0.29) is 23.3 Å². The zero-order valence-electron chi connectivity index (χ0n) is 18.8. The quantitative estimate of drug-likeness (QED) is 0.376. The van der Waals surface area contributed by atoms with E-state index in [9.17, 15) is 19.7 Å². The number of rotatable bonds is 12. The standard InChI is InChI=1S/C24H31N3O4S/c1-4-22(24(29)25-14-18(2)3)26(15-19-8-6-5-7-9-19)23(28)17-32-16-20-10-12-21(13-11-20)27(30)31/h5-13,18,22H,4,14-17H2,1-3H3,(H,25,29)/t22-/m0/s1. The molecule has 0 aliphatic heterocycles. The van der Waals surface area contributed by atoms with Crippen LogP contribution >= 0.6 is 11.8 Å². The molecule has 0 spiro atoms. The highest BCUT2D eigenvalue weighted by Gasteiger charge is 2.28. The molecule has 8 heteroatoms. The van der Waals surface area contributed by atoms with Gasteiger partial charge in [0, 0.05) is 31.0 Å². The maximum atomic E-state index is 13.2. The van der Waals surface area contributed by atoms with E-state index in [1.54, 1.807) is 17.0 Å². The summed E-state index contributed by atoms with van der Waals surface area (Å²) in [4.78, 5) is 38.0. The highest BCUT2D eigenvalue weighted by molar-refractivity contribution is 7.99. The van der Waals surface area contributed by atoms with Crippen LogP contribution in [0.2, 0.25) is 0 Å². The highest BCUT2D eigenvalue weighted by atomic mass is 32.2. The fraction of sp³-hybridized carbons (Fsp3) is 0.417. The third-order valence-electron chi connectivity index (χ3n) is 4.91. The molecule has 1 N–H and O–H groups in total. The molecule has 0 radical (unpaired) electrons. The van der Waals surface area contributed by atoms with Crippen molar-refractivity contribution in [3.63, 3.8) is 0 Å². The van der Waals surface area contributed by atoms with E-state index < -0.39 is 11.0 Å². The predicted octanol–water partition coefficient (Wildman–Crippen LogP) is 4.41. The number of thioether (sulfide) groups is 1. The smallest absolute Gasteiger partial charge is 0.269 e. The number of hydrogen-bond donors (Lipinski definition) is 1. The lowest BCUT2D eigenvalue weighted by atomic mass is 10.1. The summed E-state index contributed by atoms with van der Waals surface area (Å²) in [6, 6.07) is 15.4. The molecule has 7 nitrogen and oxygen atoms in total. The molecule has 0 aliphatic rings. The lowest BCUT2D eigenvalue weighted by molar-refractivity contribution is -0.384. The van der Waals surface area contributed by atoms with Crippen LogP contribution < -0.4 is 5.32 Å². The Morgan fingerprint density at radius 3 is 2.28 bits per heavy atom. The number of non-ortho nitro benzene ring substituents is 1. The van der Waals surface area contributed by atoms with E-state index in [4.69, 9.17) is 0 Å².